The second-order valence-corrected chi connectivity index (χ2v) is 5.56. The highest BCUT2D eigenvalue weighted by molar-refractivity contribution is 9.10. The van der Waals surface area contributed by atoms with Gasteiger partial charge in [-0.05, 0) is 36.8 Å². The number of para-hydroxylation sites is 1. The number of aryl methyl sites for hydroxylation is 1. The van der Waals surface area contributed by atoms with E-state index < -0.39 is 0 Å². The molecule has 20 heavy (non-hydrogen) atoms. The SMILES string of the molecule is COc1c(C)cc(Br)cc1C(=O)Nc1ccccc1Cl. The van der Waals surface area contributed by atoms with Crippen LogP contribution in [0, 0.1) is 6.92 Å². The summed E-state index contributed by atoms with van der Waals surface area (Å²) < 4.78 is 6.13. The lowest BCUT2D eigenvalue weighted by molar-refractivity contribution is 0.102. The van der Waals surface area contributed by atoms with Crippen molar-refractivity contribution < 1.29 is 9.53 Å². The topological polar surface area (TPSA) is 38.3 Å². The molecule has 0 aromatic heterocycles. The van der Waals surface area contributed by atoms with Gasteiger partial charge in [0.25, 0.3) is 5.91 Å². The molecule has 5 heteroatoms. The molecule has 0 saturated carbocycles. The van der Waals surface area contributed by atoms with Gasteiger partial charge in [-0.3, -0.25) is 4.79 Å². The predicted molar refractivity (Wildman–Crippen MR) is 84.8 cm³/mol. The van der Waals surface area contributed by atoms with Gasteiger partial charge in [-0.15, -0.1) is 0 Å². The second kappa shape index (κ2) is 6.29. The second-order valence-electron chi connectivity index (χ2n) is 4.24. The van der Waals surface area contributed by atoms with E-state index in [4.69, 9.17) is 16.3 Å². The Hall–Kier alpha value is -1.52. The minimum absolute atomic E-state index is 0.264. The number of carbonyl (C=O) groups is 1. The molecule has 0 bridgehead atoms. The Kier molecular flexibility index (Phi) is 4.68. The molecule has 0 aliphatic heterocycles. The average molecular weight is 355 g/mol. The molecule has 2 aromatic rings. The summed E-state index contributed by atoms with van der Waals surface area (Å²) in [5.41, 5.74) is 1.91. The molecule has 0 saturated heterocycles. The molecule has 1 N–H and O–H groups in total. The van der Waals surface area contributed by atoms with E-state index in [2.05, 4.69) is 21.2 Å². The lowest BCUT2D eigenvalue weighted by atomic mass is 10.1. The Balaban J connectivity index is 2.37. The van der Waals surface area contributed by atoms with E-state index in [1.54, 1.807) is 25.3 Å². The Morgan fingerprint density at radius 2 is 2.00 bits per heavy atom. The number of methoxy groups -OCH3 is 1. The maximum Gasteiger partial charge on any atom is 0.259 e. The smallest absolute Gasteiger partial charge is 0.259 e. The average Bonchev–Trinajstić information content (AvgIpc) is 2.40. The fourth-order valence-corrected chi connectivity index (χ4v) is 2.68. The summed E-state index contributed by atoms with van der Waals surface area (Å²) in [7, 11) is 1.54. The van der Waals surface area contributed by atoms with Gasteiger partial charge >= 0.3 is 0 Å². The number of benzene rings is 2. The lowest BCUT2D eigenvalue weighted by Gasteiger charge is -2.13. The molecule has 104 valence electrons. The summed E-state index contributed by atoms with van der Waals surface area (Å²) in [6.45, 7) is 1.88. The van der Waals surface area contributed by atoms with E-state index in [-0.39, 0.29) is 5.91 Å². The lowest BCUT2D eigenvalue weighted by Crippen LogP contribution is -2.14. The van der Waals surface area contributed by atoms with Crippen molar-refractivity contribution in [1.29, 1.82) is 0 Å². The van der Waals surface area contributed by atoms with Crippen molar-refractivity contribution in [3.8, 4) is 5.75 Å². The minimum Gasteiger partial charge on any atom is -0.496 e. The van der Waals surface area contributed by atoms with Gasteiger partial charge in [0.05, 0.1) is 23.4 Å². The van der Waals surface area contributed by atoms with E-state index in [0.29, 0.717) is 22.0 Å². The largest absolute Gasteiger partial charge is 0.496 e. The van der Waals surface area contributed by atoms with Crippen LogP contribution in [0.2, 0.25) is 5.02 Å². The van der Waals surface area contributed by atoms with Crippen molar-refractivity contribution in [2.24, 2.45) is 0 Å². The fourth-order valence-electron chi connectivity index (χ4n) is 1.92. The van der Waals surface area contributed by atoms with E-state index in [0.717, 1.165) is 10.0 Å². The van der Waals surface area contributed by atoms with Crippen molar-refractivity contribution in [1.82, 2.24) is 0 Å². The van der Waals surface area contributed by atoms with Gasteiger partial charge in [-0.25, -0.2) is 0 Å². The van der Waals surface area contributed by atoms with Crippen LogP contribution in [-0.4, -0.2) is 13.0 Å². The number of nitrogens with one attached hydrogen (secondary N) is 1. The van der Waals surface area contributed by atoms with Gasteiger partial charge in [0.1, 0.15) is 5.75 Å². The van der Waals surface area contributed by atoms with Crippen LogP contribution >= 0.6 is 27.5 Å². The molecule has 0 unspecified atom stereocenters. The van der Waals surface area contributed by atoms with Crippen molar-refractivity contribution in [3.63, 3.8) is 0 Å². The number of amides is 1. The van der Waals surface area contributed by atoms with E-state index in [9.17, 15) is 4.79 Å². The molecule has 2 aromatic carbocycles. The number of halogens is 2. The Morgan fingerprint density at radius 1 is 1.30 bits per heavy atom. The summed E-state index contributed by atoms with van der Waals surface area (Å²) in [6.07, 6.45) is 0. The third-order valence-electron chi connectivity index (χ3n) is 2.81. The van der Waals surface area contributed by atoms with Crippen LogP contribution in [-0.2, 0) is 0 Å². The molecular formula is C15H13BrClNO2. The first kappa shape index (κ1) is 14.9. The molecule has 0 radical (unpaired) electrons. The zero-order valence-corrected chi connectivity index (χ0v) is 13.4. The molecule has 3 nitrogen and oxygen atoms in total. The maximum absolute atomic E-state index is 12.4. The monoisotopic (exact) mass is 353 g/mol. The van der Waals surface area contributed by atoms with Gasteiger partial charge in [0, 0.05) is 4.47 Å². The molecule has 0 aliphatic rings. The van der Waals surface area contributed by atoms with Crippen LogP contribution in [0.5, 0.6) is 5.75 Å². The quantitative estimate of drug-likeness (QED) is 0.869. The molecule has 1 amide bonds. The first-order chi connectivity index (χ1) is 9.52. The first-order valence-corrected chi connectivity index (χ1v) is 7.10. The van der Waals surface area contributed by atoms with Gasteiger partial charge in [-0.1, -0.05) is 39.7 Å². The van der Waals surface area contributed by atoms with E-state index in [1.165, 1.54) is 0 Å². The third kappa shape index (κ3) is 3.14. The number of ether oxygens (including phenoxy) is 1. The van der Waals surface area contributed by atoms with Crippen LogP contribution in [0.3, 0.4) is 0 Å². The minimum atomic E-state index is -0.264. The Labute approximate surface area is 131 Å². The normalized spacial score (nSPS) is 10.2. The molecular weight excluding hydrogens is 342 g/mol. The molecule has 0 spiro atoms. The molecule has 0 fully saturated rings. The van der Waals surface area contributed by atoms with Crippen molar-refractivity contribution >= 4 is 39.1 Å². The van der Waals surface area contributed by atoms with Crippen LogP contribution in [0.1, 0.15) is 15.9 Å². The summed E-state index contributed by atoms with van der Waals surface area (Å²) in [6, 6.07) is 10.7. The third-order valence-corrected chi connectivity index (χ3v) is 3.60. The van der Waals surface area contributed by atoms with Crippen LogP contribution in [0.15, 0.2) is 40.9 Å². The van der Waals surface area contributed by atoms with Gasteiger partial charge in [0.2, 0.25) is 0 Å². The summed E-state index contributed by atoms with van der Waals surface area (Å²) in [5, 5.41) is 3.28. The Bertz CT molecular complexity index is 658. The summed E-state index contributed by atoms with van der Waals surface area (Å²) >= 11 is 9.42. The van der Waals surface area contributed by atoms with Gasteiger partial charge in [0.15, 0.2) is 0 Å². The first-order valence-electron chi connectivity index (χ1n) is 5.93. The van der Waals surface area contributed by atoms with Crippen LogP contribution in [0.4, 0.5) is 5.69 Å². The summed E-state index contributed by atoms with van der Waals surface area (Å²) in [4.78, 5) is 12.4. The number of hydrogen-bond acceptors (Lipinski definition) is 2. The molecule has 0 heterocycles. The van der Waals surface area contributed by atoms with Gasteiger partial charge < -0.3 is 10.1 Å². The highest BCUT2D eigenvalue weighted by Crippen LogP contribution is 2.29. The number of carbonyl (C=O) groups excluding carboxylic acids is 1. The van der Waals surface area contributed by atoms with Crippen LogP contribution < -0.4 is 10.1 Å². The molecule has 0 atom stereocenters. The highest BCUT2D eigenvalue weighted by Gasteiger charge is 2.16. The van der Waals surface area contributed by atoms with E-state index in [1.807, 2.05) is 25.1 Å². The zero-order chi connectivity index (χ0) is 14.7. The standard InChI is InChI=1S/C15H13BrClNO2/c1-9-7-10(16)8-11(14(9)20-2)15(19)18-13-6-4-3-5-12(13)17/h3-8H,1-2H3,(H,18,19). The van der Waals surface area contributed by atoms with Gasteiger partial charge in [-0.2, -0.15) is 0 Å². The number of anilines is 1. The number of hydrogen-bond donors (Lipinski definition) is 1. The van der Waals surface area contributed by atoms with Crippen LogP contribution in [0.25, 0.3) is 0 Å². The van der Waals surface area contributed by atoms with Crippen molar-refractivity contribution in [2.75, 3.05) is 12.4 Å². The maximum atomic E-state index is 12.4. The van der Waals surface area contributed by atoms with Crippen molar-refractivity contribution in [3.05, 3.63) is 57.0 Å². The molecule has 2 rings (SSSR count). The summed E-state index contributed by atoms with van der Waals surface area (Å²) in [5.74, 6) is 0.289. The fraction of sp³-hybridized carbons (Fsp3) is 0.133. The van der Waals surface area contributed by atoms with Crippen molar-refractivity contribution in [2.45, 2.75) is 6.92 Å². The predicted octanol–water partition coefficient (Wildman–Crippen LogP) is 4.67. The highest BCUT2D eigenvalue weighted by atomic mass is 79.9. The molecule has 0 aliphatic carbocycles. The van der Waals surface area contributed by atoms with E-state index >= 15 is 0 Å². The zero-order valence-electron chi connectivity index (χ0n) is 11.0. The number of rotatable bonds is 3. The Morgan fingerprint density at radius 3 is 2.65 bits per heavy atom.